The fourth-order valence-corrected chi connectivity index (χ4v) is 5.49. The van der Waals surface area contributed by atoms with Crippen molar-refractivity contribution in [3.8, 4) is 16.9 Å². The molecule has 0 saturated carbocycles. The van der Waals surface area contributed by atoms with Crippen LogP contribution in [0.4, 0.5) is 0 Å². The summed E-state index contributed by atoms with van der Waals surface area (Å²) in [7, 11) is 1.77. The molecule has 41 heavy (non-hydrogen) atoms. The van der Waals surface area contributed by atoms with Crippen molar-refractivity contribution in [1.29, 1.82) is 0 Å². The lowest BCUT2D eigenvalue weighted by Crippen LogP contribution is -2.47. The number of amides is 3. The first-order chi connectivity index (χ1) is 19.9. The second kappa shape index (κ2) is 13.0. The lowest BCUT2D eigenvalue weighted by Gasteiger charge is -2.32. The van der Waals surface area contributed by atoms with Gasteiger partial charge in [-0.05, 0) is 73.0 Å². The Morgan fingerprint density at radius 1 is 0.951 bits per heavy atom. The van der Waals surface area contributed by atoms with E-state index in [2.05, 4.69) is 16.0 Å². The molecule has 9 nitrogen and oxygen atoms in total. The third-order valence-corrected chi connectivity index (χ3v) is 8.00. The first kappa shape index (κ1) is 28.3. The lowest BCUT2D eigenvalue weighted by atomic mass is 9.96. The van der Waals surface area contributed by atoms with E-state index in [-0.39, 0.29) is 30.2 Å². The molecule has 1 aromatic heterocycles. The van der Waals surface area contributed by atoms with Crippen LogP contribution >= 0.6 is 0 Å². The number of benzene rings is 2. The summed E-state index contributed by atoms with van der Waals surface area (Å²) in [5.74, 6) is 0.262. The normalized spacial score (nSPS) is 17.3. The average Bonchev–Trinajstić information content (AvgIpc) is 2.99. The van der Waals surface area contributed by atoms with Crippen LogP contribution in [0.15, 0.2) is 67.0 Å². The molecule has 2 aliphatic rings. The maximum absolute atomic E-state index is 13.4. The molecule has 3 heterocycles. The predicted molar refractivity (Wildman–Crippen MR) is 156 cm³/mol. The Labute approximate surface area is 240 Å². The summed E-state index contributed by atoms with van der Waals surface area (Å²) in [6, 6.07) is 17.7. The fraction of sp³-hybridized carbons (Fsp3) is 0.375. The number of pyridine rings is 1. The van der Waals surface area contributed by atoms with Crippen molar-refractivity contribution in [1.82, 2.24) is 19.7 Å². The summed E-state index contributed by atoms with van der Waals surface area (Å²) in [5.41, 5.74) is 10.1. The van der Waals surface area contributed by atoms with Gasteiger partial charge in [0, 0.05) is 56.0 Å². The van der Waals surface area contributed by atoms with Gasteiger partial charge >= 0.3 is 0 Å². The van der Waals surface area contributed by atoms with Gasteiger partial charge in [0.15, 0.2) is 0 Å². The van der Waals surface area contributed by atoms with E-state index in [0.29, 0.717) is 64.2 Å². The number of nitrogens with two attached hydrogens (primary N) is 1. The smallest absolute Gasteiger partial charge is 0.253 e. The van der Waals surface area contributed by atoms with E-state index < -0.39 is 0 Å². The van der Waals surface area contributed by atoms with Gasteiger partial charge in [-0.25, -0.2) is 0 Å². The van der Waals surface area contributed by atoms with Crippen molar-refractivity contribution in [3.63, 3.8) is 0 Å². The molecule has 0 atom stereocenters. The van der Waals surface area contributed by atoms with E-state index in [1.807, 2.05) is 54.7 Å². The van der Waals surface area contributed by atoms with E-state index >= 15 is 0 Å². The van der Waals surface area contributed by atoms with Crippen molar-refractivity contribution < 1.29 is 19.1 Å². The highest BCUT2D eigenvalue weighted by Crippen LogP contribution is 2.29. The Hall–Kier alpha value is -4.24. The van der Waals surface area contributed by atoms with E-state index in [4.69, 9.17) is 10.5 Å². The van der Waals surface area contributed by atoms with Crippen LogP contribution in [0.25, 0.3) is 11.1 Å². The van der Waals surface area contributed by atoms with Crippen LogP contribution in [-0.4, -0.2) is 90.3 Å². The first-order valence-corrected chi connectivity index (χ1v) is 14.2. The summed E-state index contributed by atoms with van der Waals surface area (Å²) in [6.45, 7) is 3.10. The van der Waals surface area contributed by atoms with Crippen LogP contribution in [0.5, 0.6) is 5.75 Å². The van der Waals surface area contributed by atoms with Crippen LogP contribution in [-0.2, 0) is 16.0 Å². The quantitative estimate of drug-likeness (QED) is 0.530. The highest BCUT2D eigenvalue weighted by molar-refractivity contribution is 5.94. The highest BCUT2D eigenvalue weighted by atomic mass is 16.5. The number of piperidine rings is 1. The SMILES string of the molecule is CN1CCN(C(=O)CN2CCC(C(N)=O)CC2)CCOc2ccc(-c3cccnc3)cc2Cc2cccc(c2)C1=O. The number of aromatic nitrogens is 1. The number of fused-ring (bicyclic) bond motifs is 3. The van der Waals surface area contributed by atoms with Gasteiger partial charge in [-0.3, -0.25) is 24.3 Å². The Morgan fingerprint density at radius 3 is 2.51 bits per heavy atom. The number of nitrogens with zero attached hydrogens (tertiary/aromatic N) is 4. The Kier molecular flexibility index (Phi) is 8.94. The summed E-state index contributed by atoms with van der Waals surface area (Å²) < 4.78 is 6.30. The molecule has 3 aromatic rings. The number of carbonyl (C=O) groups excluding carboxylic acids is 3. The minimum atomic E-state index is -0.269. The van der Waals surface area contributed by atoms with Gasteiger partial charge in [-0.15, -0.1) is 0 Å². The van der Waals surface area contributed by atoms with Gasteiger partial charge in [0.1, 0.15) is 12.4 Å². The van der Waals surface area contributed by atoms with Gasteiger partial charge < -0.3 is 20.3 Å². The number of likely N-dealkylation sites (N-methyl/N-ethyl adjacent to an activating group) is 1. The summed E-state index contributed by atoms with van der Waals surface area (Å²) in [6.07, 6.45) is 5.51. The van der Waals surface area contributed by atoms with Gasteiger partial charge in [-0.1, -0.05) is 24.3 Å². The van der Waals surface area contributed by atoms with Crippen LogP contribution in [0, 0.1) is 5.92 Å². The molecule has 5 rings (SSSR count). The van der Waals surface area contributed by atoms with Crippen LogP contribution < -0.4 is 10.5 Å². The molecule has 1 fully saturated rings. The molecule has 214 valence electrons. The van der Waals surface area contributed by atoms with E-state index in [0.717, 1.165) is 28.0 Å². The van der Waals surface area contributed by atoms with E-state index in [1.165, 1.54) is 0 Å². The molecule has 2 N–H and O–H groups in total. The summed E-state index contributed by atoms with van der Waals surface area (Å²) >= 11 is 0. The van der Waals surface area contributed by atoms with Crippen molar-refractivity contribution in [2.45, 2.75) is 19.3 Å². The fourth-order valence-electron chi connectivity index (χ4n) is 5.49. The number of hydrogen-bond acceptors (Lipinski definition) is 6. The maximum Gasteiger partial charge on any atom is 0.253 e. The summed E-state index contributed by atoms with van der Waals surface area (Å²) in [4.78, 5) is 48.0. The largest absolute Gasteiger partial charge is 0.491 e. The molecule has 9 heteroatoms. The lowest BCUT2D eigenvalue weighted by molar-refractivity contribution is -0.133. The highest BCUT2D eigenvalue weighted by Gasteiger charge is 2.26. The number of ether oxygens (including phenoxy) is 1. The molecule has 0 unspecified atom stereocenters. The molecule has 3 amide bonds. The van der Waals surface area contributed by atoms with E-state index in [9.17, 15) is 14.4 Å². The topological polar surface area (TPSA) is 109 Å². The zero-order chi connectivity index (χ0) is 28.8. The number of rotatable bonds is 4. The number of carbonyl (C=O) groups is 3. The Morgan fingerprint density at radius 2 is 1.76 bits per heavy atom. The molecular weight excluding hydrogens is 518 g/mol. The van der Waals surface area contributed by atoms with Gasteiger partial charge in [0.25, 0.3) is 5.91 Å². The third-order valence-electron chi connectivity index (χ3n) is 8.00. The van der Waals surface area contributed by atoms with Crippen molar-refractivity contribution in [3.05, 3.63) is 83.7 Å². The molecule has 0 aliphatic carbocycles. The second-order valence-corrected chi connectivity index (χ2v) is 10.9. The monoisotopic (exact) mass is 555 g/mol. The zero-order valence-electron chi connectivity index (χ0n) is 23.5. The number of likely N-dealkylation sites (tertiary alicyclic amines) is 1. The van der Waals surface area contributed by atoms with Crippen LogP contribution in [0.1, 0.15) is 34.3 Å². The first-order valence-electron chi connectivity index (χ1n) is 14.2. The molecule has 0 radical (unpaired) electrons. The van der Waals surface area contributed by atoms with Crippen molar-refractivity contribution in [2.24, 2.45) is 11.7 Å². The number of hydrogen-bond donors (Lipinski definition) is 1. The molecule has 2 bridgehead atoms. The van der Waals surface area contributed by atoms with Gasteiger partial charge in [0.2, 0.25) is 11.8 Å². The molecule has 2 aromatic carbocycles. The maximum atomic E-state index is 13.4. The molecular formula is C32H37N5O4. The Bertz CT molecular complexity index is 1390. The minimum absolute atomic E-state index is 0.0202. The standard InChI is InChI=1S/C32H37N5O4/c1-35-14-15-37(30(38)22-36-12-9-24(10-13-36)31(33)39)16-17-41-29-8-7-25(27-6-3-11-34-21-27)20-28(29)19-23-4-2-5-26(18-23)32(35)40/h2-8,11,18,20-21,24H,9-10,12-17,19,22H2,1H3,(H2,33,39). The van der Waals surface area contributed by atoms with Crippen molar-refractivity contribution in [2.75, 3.05) is 52.9 Å². The molecule has 0 spiro atoms. The molecule has 1 saturated heterocycles. The summed E-state index contributed by atoms with van der Waals surface area (Å²) in [5, 5.41) is 0. The minimum Gasteiger partial charge on any atom is -0.491 e. The Balaban J connectivity index is 1.37. The third kappa shape index (κ3) is 7.10. The average molecular weight is 556 g/mol. The van der Waals surface area contributed by atoms with E-state index in [1.54, 1.807) is 23.0 Å². The van der Waals surface area contributed by atoms with Gasteiger partial charge in [-0.2, -0.15) is 0 Å². The van der Waals surface area contributed by atoms with Crippen LogP contribution in [0.3, 0.4) is 0 Å². The zero-order valence-corrected chi connectivity index (χ0v) is 23.5. The predicted octanol–water partition coefficient (Wildman–Crippen LogP) is 2.83. The number of primary amides is 1. The van der Waals surface area contributed by atoms with Crippen molar-refractivity contribution >= 4 is 17.7 Å². The second-order valence-electron chi connectivity index (χ2n) is 10.9. The molecule has 2 aliphatic heterocycles. The van der Waals surface area contributed by atoms with Crippen LogP contribution in [0.2, 0.25) is 0 Å². The van der Waals surface area contributed by atoms with Gasteiger partial charge in [0.05, 0.1) is 13.1 Å².